The predicted octanol–water partition coefficient (Wildman–Crippen LogP) is 6.54. The van der Waals surface area contributed by atoms with Gasteiger partial charge < -0.3 is 13.8 Å². The van der Waals surface area contributed by atoms with Gasteiger partial charge in [0, 0.05) is 53.8 Å². The third-order valence-electron chi connectivity index (χ3n) is 10.2. The van der Waals surface area contributed by atoms with Crippen LogP contribution in [-0.2, 0) is 10.2 Å². The van der Waals surface area contributed by atoms with Gasteiger partial charge in [-0.05, 0) is 87.8 Å². The molecule has 10 heteroatoms. The second-order valence-electron chi connectivity index (χ2n) is 13.2. The molecule has 0 aliphatic heterocycles. The molecule has 210 valence electrons. The van der Waals surface area contributed by atoms with Crippen molar-refractivity contribution in [3.05, 3.63) is 41.9 Å². The Hall–Kier alpha value is -3.17. The minimum atomic E-state index is -2.76. The van der Waals surface area contributed by atoms with Crippen LogP contribution in [0.4, 0.5) is 14.5 Å². The lowest BCUT2D eigenvalue weighted by molar-refractivity contribution is -0.148. The largest absolute Gasteiger partial charge is 0.420 e. The smallest absolute Gasteiger partial charge is 0.249 e. The zero-order valence-electron chi connectivity index (χ0n) is 22.5. The number of hydrogen-bond acceptors (Lipinski definition) is 7. The van der Waals surface area contributed by atoms with E-state index in [9.17, 15) is 13.6 Å². The summed E-state index contributed by atoms with van der Waals surface area (Å²) in [5.74, 6) is -0.108. The van der Waals surface area contributed by atoms with E-state index >= 15 is 0 Å². The number of aromatic nitrogens is 4. The second kappa shape index (κ2) is 8.66. The predicted molar refractivity (Wildman–Crippen MR) is 140 cm³/mol. The molecule has 9 rings (SSSR count). The van der Waals surface area contributed by atoms with Crippen LogP contribution in [-0.4, -0.2) is 38.7 Å². The number of carbonyl (C=O) groups is 1. The molecule has 0 N–H and O–H groups in total. The maximum Gasteiger partial charge on any atom is 0.249 e. The number of carbonyl (C=O) groups excluding carboxylic acids is 1. The zero-order chi connectivity index (χ0) is 27.1. The Morgan fingerprint density at radius 3 is 2.38 bits per heavy atom. The van der Waals surface area contributed by atoms with Crippen molar-refractivity contribution < 1.29 is 22.5 Å². The van der Waals surface area contributed by atoms with E-state index < -0.39 is 11.8 Å². The molecule has 1 amide bonds. The SMILES string of the molecule is O=C(C1CC(F)(F)C1)N(CC12CCC(c3nc(C4CC4)no3)(CC1)CC2)c1cccc(-c2nnc(C3CC3)o2)c1. The molecule has 6 saturated carbocycles. The number of rotatable bonds is 8. The molecule has 3 aromatic rings. The van der Waals surface area contributed by atoms with Gasteiger partial charge in [-0.3, -0.25) is 4.79 Å². The number of alkyl halides is 2. The first-order valence-electron chi connectivity index (χ1n) is 14.8. The molecule has 1 aromatic carbocycles. The number of halogens is 2. The number of amides is 1. The number of anilines is 1. The monoisotopic (exact) mass is 549 g/mol. The minimum Gasteiger partial charge on any atom is -0.420 e. The van der Waals surface area contributed by atoms with Crippen molar-refractivity contribution in [1.29, 1.82) is 0 Å². The molecule has 6 aliphatic carbocycles. The summed E-state index contributed by atoms with van der Waals surface area (Å²) in [5, 5.41) is 12.7. The summed E-state index contributed by atoms with van der Waals surface area (Å²) >= 11 is 0. The first-order chi connectivity index (χ1) is 19.3. The lowest BCUT2D eigenvalue weighted by Crippen LogP contribution is -2.53. The van der Waals surface area contributed by atoms with E-state index in [4.69, 9.17) is 13.9 Å². The Balaban J connectivity index is 1.05. The van der Waals surface area contributed by atoms with Gasteiger partial charge in [0.1, 0.15) is 0 Å². The average molecular weight is 550 g/mol. The van der Waals surface area contributed by atoms with Crippen LogP contribution in [0.25, 0.3) is 11.5 Å². The van der Waals surface area contributed by atoms with Gasteiger partial charge in [-0.25, -0.2) is 8.78 Å². The van der Waals surface area contributed by atoms with Crippen molar-refractivity contribution in [3.8, 4) is 11.5 Å². The van der Waals surface area contributed by atoms with Gasteiger partial charge in [0.05, 0.1) is 0 Å². The summed E-state index contributed by atoms with van der Waals surface area (Å²) in [5.41, 5.74) is 1.29. The number of benzene rings is 1. The second-order valence-corrected chi connectivity index (χ2v) is 13.2. The third-order valence-corrected chi connectivity index (χ3v) is 10.2. The Morgan fingerprint density at radius 2 is 1.70 bits per heavy atom. The maximum absolute atomic E-state index is 13.8. The number of fused-ring (bicyclic) bond motifs is 3. The van der Waals surface area contributed by atoms with Crippen molar-refractivity contribution in [1.82, 2.24) is 20.3 Å². The van der Waals surface area contributed by atoms with Gasteiger partial charge in [0.15, 0.2) is 5.82 Å². The van der Waals surface area contributed by atoms with E-state index in [2.05, 4.69) is 15.4 Å². The molecule has 2 aromatic heterocycles. The molecule has 2 heterocycles. The van der Waals surface area contributed by atoms with E-state index in [0.29, 0.717) is 35.8 Å². The van der Waals surface area contributed by atoms with Crippen molar-refractivity contribution in [2.45, 2.75) is 100 Å². The maximum atomic E-state index is 13.8. The van der Waals surface area contributed by atoms with Crippen molar-refractivity contribution >= 4 is 11.6 Å². The van der Waals surface area contributed by atoms with E-state index in [1.54, 1.807) is 4.90 Å². The van der Waals surface area contributed by atoms with Crippen LogP contribution in [0.1, 0.15) is 106 Å². The quantitative estimate of drug-likeness (QED) is 0.314. The summed E-state index contributed by atoms with van der Waals surface area (Å²) in [7, 11) is 0. The van der Waals surface area contributed by atoms with Gasteiger partial charge in [0.25, 0.3) is 0 Å². The third kappa shape index (κ3) is 4.25. The van der Waals surface area contributed by atoms with Crippen LogP contribution in [0.2, 0.25) is 0 Å². The minimum absolute atomic E-state index is 0.0668. The molecule has 0 spiro atoms. The van der Waals surface area contributed by atoms with Crippen LogP contribution in [0.15, 0.2) is 33.2 Å². The Labute approximate surface area is 230 Å². The highest BCUT2D eigenvalue weighted by Gasteiger charge is 2.55. The fraction of sp³-hybridized carbons (Fsp3) is 0.633. The molecule has 40 heavy (non-hydrogen) atoms. The molecular formula is C30H33F2N5O3. The highest BCUT2D eigenvalue weighted by Crippen LogP contribution is 2.58. The van der Waals surface area contributed by atoms with Gasteiger partial charge in [-0.15, -0.1) is 10.2 Å². The lowest BCUT2D eigenvalue weighted by Gasteiger charge is -2.53. The van der Waals surface area contributed by atoms with Crippen molar-refractivity contribution in [3.63, 3.8) is 0 Å². The Bertz CT molecular complexity index is 1430. The molecule has 0 atom stereocenters. The standard InChI is InChI=1S/C30H33F2N5O3/c31-30(32)15-21(16-30)26(38)37(22-3-1-2-20(14-22)25-35-34-24(39-25)19-6-7-19)17-28-8-11-29(12-9-28,13-10-28)27-33-23(36-40-27)18-4-5-18/h1-3,14,18-19,21H,4-13,15-17H2. The molecule has 8 nitrogen and oxygen atoms in total. The highest BCUT2D eigenvalue weighted by molar-refractivity contribution is 5.96. The van der Waals surface area contributed by atoms with Crippen LogP contribution in [0.3, 0.4) is 0 Å². The lowest BCUT2D eigenvalue weighted by atomic mass is 9.53. The fourth-order valence-corrected chi connectivity index (χ4v) is 7.12. The zero-order valence-corrected chi connectivity index (χ0v) is 22.5. The first-order valence-corrected chi connectivity index (χ1v) is 14.8. The molecule has 0 radical (unpaired) electrons. The summed E-state index contributed by atoms with van der Waals surface area (Å²) < 4.78 is 39.3. The summed E-state index contributed by atoms with van der Waals surface area (Å²) in [4.78, 5) is 20.3. The van der Waals surface area contributed by atoms with Gasteiger partial charge in [-0.1, -0.05) is 11.2 Å². The fourth-order valence-electron chi connectivity index (χ4n) is 7.12. The summed E-state index contributed by atoms with van der Waals surface area (Å²) in [6, 6.07) is 7.55. The van der Waals surface area contributed by atoms with E-state index in [1.807, 2.05) is 24.3 Å². The first kappa shape index (κ1) is 24.6. The van der Waals surface area contributed by atoms with E-state index in [0.717, 1.165) is 81.5 Å². The summed E-state index contributed by atoms with van der Waals surface area (Å²) in [6.45, 7) is 0.516. The molecule has 0 saturated heterocycles. The molecular weight excluding hydrogens is 516 g/mol. The number of nitrogens with zero attached hydrogens (tertiary/aromatic N) is 5. The number of hydrogen-bond donors (Lipinski definition) is 0. The van der Waals surface area contributed by atoms with Crippen LogP contribution in [0, 0.1) is 11.3 Å². The van der Waals surface area contributed by atoms with Crippen LogP contribution < -0.4 is 4.90 Å². The van der Waals surface area contributed by atoms with Gasteiger partial charge in [-0.2, -0.15) is 4.98 Å². The molecule has 6 aliphatic rings. The van der Waals surface area contributed by atoms with Crippen molar-refractivity contribution in [2.75, 3.05) is 11.4 Å². The van der Waals surface area contributed by atoms with E-state index in [-0.39, 0.29) is 29.6 Å². The van der Waals surface area contributed by atoms with E-state index in [1.165, 1.54) is 0 Å². The van der Waals surface area contributed by atoms with Crippen LogP contribution in [0.5, 0.6) is 0 Å². The highest BCUT2D eigenvalue weighted by atomic mass is 19.3. The normalized spacial score (nSPS) is 29.4. The Kier molecular flexibility index (Phi) is 5.33. The topological polar surface area (TPSA) is 98.2 Å². The van der Waals surface area contributed by atoms with Crippen LogP contribution >= 0.6 is 0 Å². The Morgan fingerprint density at radius 1 is 0.975 bits per heavy atom. The summed E-state index contributed by atoms with van der Waals surface area (Å²) in [6.07, 6.45) is 9.27. The molecule has 6 fully saturated rings. The van der Waals surface area contributed by atoms with Gasteiger partial charge in [0.2, 0.25) is 29.5 Å². The average Bonchev–Trinajstić information content (AvgIpc) is 3.89. The molecule has 2 bridgehead atoms. The molecule has 0 unspecified atom stereocenters. The van der Waals surface area contributed by atoms with Gasteiger partial charge >= 0.3 is 0 Å². The van der Waals surface area contributed by atoms with Crippen molar-refractivity contribution in [2.24, 2.45) is 11.3 Å².